The zero-order valence-electron chi connectivity index (χ0n) is 19.7. The fourth-order valence-corrected chi connectivity index (χ4v) is 3.79. The van der Waals surface area contributed by atoms with Gasteiger partial charge in [-0.15, -0.1) is 0 Å². The molecule has 6 nitrogen and oxygen atoms in total. The van der Waals surface area contributed by atoms with Crippen molar-refractivity contribution in [3.8, 4) is 28.4 Å². The molecule has 0 aliphatic rings. The van der Waals surface area contributed by atoms with E-state index in [1.165, 1.54) is 5.56 Å². The number of hydrogen-bond acceptors (Lipinski definition) is 4. The Morgan fingerprint density at radius 1 is 0.941 bits per heavy atom. The van der Waals surface area contributed by atoms with Gasteiger partial charge in [-0.1, -0.05) is 54.1 Å². The molecule has 4 aromatic rings. The van der Waals surface area contributed by atoms with E-state index in [2.05, 4.69) is 36.5 Å². The van der Waals surface area contributed by atoms with Gasteiger partial charge in [-0.2, -0.15) is 5.10 Å². The molecule has 0 saturated heterocycles. The molecule has 0 atom stereocenters. The Balaban J connectivity index is 1.46. The number of amides is 1. The number of para-hydroxylation sites is 1. The minimum Gasteiger partial charge on any atom is -0.493 e. The van der Waals surface area contributed by atoms with Crippen molar-refractivity contribution in [3.63, 3.8) is 0 Å². The summed E-state index contributed by atoms with van der Waals surface area (Å²) in [5, 5.41) is 7.85. The van der Waals surface area contributed by atoms with Crippen LogP contribution >= 0.6 is 0 Å². The minimum atomic E-state index is -0.0166. The number of nitrogens with one attached hydrogen (secondary N) is 1. The van der Waals surface area contributed by atoms with E-state index in [0.29, 0.717) is 30.9 Å². The lowest BCUT2D eigenvalue weighted by Gasteiger charge is -2.10. The maximum absolute atomic E-state index is 12.6. The van der Waals surface area contributed by atoms with Crippen molar-refractivity contribution in [2.24, 2.45) is 0 Å². The molecule has 3 aromatic carbocycles. The molecular formula is C28H29N3O3. The molecule has 34 heavy (non-hydrogen) atoms. The number of carbonyl (C=O) groups excluding carboxylic acids is 1. The van der Waals surface area contributed by atoms with Gasteiger partial charge in [0.25, 0.3) is 0 Å². The Morgan fingerprint density at radius 3 is 2.38 bits per heavy atom. The number of aromatic nitrogens is 2. The summed E-state index contributed by atoms with van der Waals surface area (Å²) in [4.78, 5) is 12.6. The van der Waals surface area contributed by atoms with Gasteiger partial charge in [-0.3, -0.25) is 4.79 Å². The van der Waals surface area contributed by atoms with E-state index in [0.717, 1.165) is 28.1 Å². The zero-order valence-corrected chi connectivity index (χ0v) is 19.7. The molecule has 0 bridgehead atoms. The zero-order chi connectivity index (χ0) is 23.9. The predicted molar refractivity (Wildman–Crippen MR) is 133 cm³/mol. The summed E-state index contributed by atoms with van der Waals surface area (Å²) in [6, 6.07) is 23.9. The van der Waals surface area contributed by atoms with Crippen LogP contribution in [0.2, 0.25) is 0 Å². The number of aryl methyl sites for hydroxylation is 2. The van der Waals surface area contributed by atoms with Crippen LogP contribution in [0.25, 0.3) is 16.9 Å². The van der Waals surface area contributed by atoms with Crippen molar-refractivity contribution in [1.29, 1.82) is 0 Å². The SMILES string of the molecule is COc1ccc(CNC(=O)CCc2cn(-c3ccccc3)nc2-c2ccc(C)cc2)cc1OC. The third kappa shape index (κ3) is 5.46. The van der Waals surface area contributed by atoms with Gasteiger partial charge >= 0.3 is 0 Å². The molecule has 0 radical (unpaired) electrons. The Bertz CT molecular complexity index is 1250. The minimum absolute atomic E-state index is 0.0166. The third-order valence-electron chi connectivity index (χ3n) is 5.69. The average Bonchev–Trinajstić information content (AvgIpc) is 3.31. The highest BCUT2D eigenvalue weighted by atomic mass is 16.5. The highest BCUT2D eigenvalue weighted by Crippen LogP contribution is 2.28. The third-order valence-corrected chi connectivity index (χ3v) is 5.69. The van der Waals surface area contributed by atoms with Gasteiger partial charge in [0.05, 0.1) is 25.6 Å². The fourth-order valence-electron chi connectivity index (χ4n) is 3.79. The molecule has 0 unspecified atom stereocenters. The second-order valence-corrected chi connectivity index (χ2v) is 8.12. The number of methoxy groups -OCH3 is 2. The summed E-state index contributed by atoms with van der Waals surface area (Å²) in [7, 11) is 3.20. The molecule has 1 heterocycles. The van der Waals surface area contributed by atoms with E-state index < -0.39 is 0 Å². The molecule has 1 aromatic heterocycles. The maximum Gasteiger partial charge on any atom is 0.220 e. The first-order valence-corrected chi connectivity index (χ1v) is 11.3. The van der Waals surface area contributed by atoms with Crippen LogP contribution in [0.15, 0.2) is 79.0 Å². The molecule has 4 rings (SSSR count). The first kappa shape index (κ1) is 23.1. The van der Waals surface area contributed by atoms with Gasteiger partial charge in [-0.05, 0) is 48.7 Å². The van der Waals surface area contributed by atoms with Crippen molar-refractivity contribution in [2.75, 3.05) is 14.2 Å². The summed E-state index contributed by atoms with van der Waals surface area (Å²) in [6.07, 6.45) is 2.98. The summed E-state index contributed by atoms with van der Waals surface area (Å²) in [5.41, 5.74) is 6.11. The lowest BCUT2D eigenvalue weighted by Crippen LogP contribution is -2.23. The fraction of sp³-hybridized carbons (Fsp3) is 0.214. The molecular weight excluding hydrogens is 426 g/mol. The Hall–Kier alpha value is -4.06. The first-order valence-electron chi connectivity index (χ1n) is 11.3. The largest absolute Gasteiger partial charge is 0.493 e. The van der Waals surface area contributed by atoms with Crippen molar-refractivity contribution >= 4 is 5.91 Å². The molecule has 1 amide bonds. The van der Waals surface area contributed by atoms with E-state index in [-0.39, 0.29) is 5.91 Å². The Kier molecular flexibility index (Phi) is 7.28. The molecule has 1 N–H and O–H groups in total. The van der Waals surface area contributed by atoms with Crippen LogP contribution in [-0.2, 0) is 17.8 Å². The normalized spacial score (nSPS) is 10.7. The number of hydrogen-bond donors (Lipinski definition) is 1. The summed E-state index contributed by atoms with van der Waals surface area (Å²) < 4.78 is 12.5. The van der Waals surface area contributed by atoms with E-state index in [4.69, 9.17) is 14.6 Å². The van der Waals surface area contributed by atoms with E-state index >= 15 is 0 Å². The van der Waals surface area contributed by atoms with Crippen molar-refractivity contribution in [1.82, 2.24) is 15.1 Å². The van der Waals surface area contributed by atoms with Gasteiger partial charge in [0, 0.05) is 24.7 Å². The summed E-state index contributed by atoms with van der Waals surface area (Å²) in [6.45, 7) is 2.49. The monoisotopic (exact) mass is 455 g/mol. The van der Waals surface area contributed by atoms with E-state index in [1.54, 1.807) is 14.2 Å². The molecule has 0 saturated carbocycles. The predicted octanol–water partition coefficient (Wildman–Crippen LogP) is 5.11. The van der Waals surface area contributed by atoms with Gasteiger partial charge in [-0.25, -0.2) is 4.68 Å². The van der Waals surface area contributed by atoms with Crippen LogP contribution < -0.4 is 14.8 Å². The first-order chi connectivity index (χ1) is 16.6. The van der Waals surface area contributed by atoms with Crippen LogP contribution in [0.1, 0.15) is 23.1 Å². The number of benzene rings is 3. The molecule has 0 aliphatic heterocycles. The van der Waals surface area contributed by atoms with Crippen LogP contribution in [0.3, 0.4) is 0 Å². The Labute approximate surface area is 200 Å². The molecule has 174 valence electrons. The molecule has 6 heteroatoms. The van der Waals surface area contributed by atoms with Crippen LogP contribution in [-0.4, -0.2) is 29.9 Å². The number of nitrogens with zero attached hydrogens (tertiary/aromatic N) is 2. The molecule has 0 aliphatic carbocycles. The number of rotatable bonds is 9. The number of ether oxygens (including phenoxy) is 2. The van der Waals surface area contributed by atoms with Crippen LogP contribution in [0.4, 0.5) is 0 Å². The van der Waals surface area contributed by atoms with Crippen LogP contribution in [0.5, 0.6) is 11.5 Å². The lowest BCUT2D eigenvalue weighted by molar-refractivity contribution is -0.121. The molecule has 0 spiro atoms. The van der Waals surface area contributed by atoms with E-state index in [9.17, 15) is 4.79 Å². The highest BCUT2D eigenvalue weighted by molar-refractivity contribution is 5.76. The van der Waals surface area contributed by atoms with Crippen LogP contribution in [0, 0.1) is 6.92 Å². The smallest absolute Gasteiger partial charge is 0.220 e. The second kappa shape index (κ2) is 10.7. The second-order valence-electron chi connectivity index (χ2n) is 8.12. The van der Waals surface area contributed by atoms with Gasteiger partial charge < -0.3 is 14.8 Å². The topological polar surface area (TPSA) is 65.4 Å². The lowest BCUT2D eigenvalue weighted by atomic mass is 10.0. The quantitative estimate of drug-likeness (QED) is 0.381. The van der Waals surface area contributed by atoms with Gasteiger partial charge in [0.1, 0.15) is 0 Å². The van der Waals surface area contributed by atoms with Crippen molar-refractivity contribution < 1.29 is 14.3 Å². The van der Waals surface area contributed by atoms with Gasteiger partial charge in [0.2, 0.25) is 5.91 Å². The van der Waals surface area contributed by atoms with Crippen molar-refractivity contribution in [2.45, 2.75) is 26.3 Å². The standard InChI is InChI=1S/C28H29N3O3/c1-20-9-12-22(13-10-20)28-23(19-31(30-28)24-7-5-4-6-8-24)14-16-27(32)29-18-21-11-15-25(33-2)26(17-21)34-3/h4-13,15,17,19H,14,16,18H2,1-3H3,(H,29,32). The molecule has 0 fully saturated rings. The van der Waals surface area contributed by atoms with Gasteiger partial charge in [0.15, 0.2) is 11.5 Å². The van der Waals surface area contributed by atoms with E-state index in [1.807, 2.05) is 59.4 Å². The van der Waals surface area contributed by atoms with Crippen molar-refractivity contribution in [3.05, 3.63) is 95.7 Å². The Morgan fingerprint density at radius 2 is 1.68 bits per heavy atom. The summed E-state index contributed by atoms with van der Waals surface area (Å²) >= 11 is 0. The highest BCUT2D eigenvalue weighted by Gasteiger charge is 2.14. The summed E-state index contributed by atoms with van der Waals surface area (Å²) in [5.74, 6) is 1.29. The maximum atomic E-state index is 12.6. The average molecular weight is 456 g/mol. The number of carbonyl (C=O) groups is 1.